The largest absolute Gasteiger partial charge is 0.481 e. The van der Waals surface area contributed by atoms with Crippen LogP contribution >= 0.6 is 0 Å². The van der Waals surface area contributed by atoms with Crippen LogP contribution in [-0.2, 0) is 4.79 Å². The molecule has 0 atom stereocenters. The number of hydrogen-bond acceptors (Lipinski definition) is 2. The molecule has 0 saturated carbocycles. The van der Waals surface area contributed by atoms with Crippen LogP contribution in [0.15, 0.2) is 0 Å². The number of aliphatic carboxylic acids is 1. The third-order valence-corrected chi connectivity index (χ3v) is 0.416. The molecule has 0 fully saturated rings. The zero-order valence-electron chi connectivity index (χ0n) is 4.06. The lowest BCUT2D eigenvalue weighted by molar-refractivity contribution is -0.135. The van der Waals surface area contributed by atoms with Crippen molar-refractivity contribution < 1.29 is 9.90 Å². The van der Waals surface area contributed by atoms with Crippen molar-refractivity contribution in [1.29, 1.82) is 5.41 Å². The summed E-state index contributed by atoms with van der Waals surface area (Å²) in [5.74, 6) is -0.937. The average molecular weight is 101 g/mol. The van der Waals surface area contributed by atoms with Gasteiger partial charge in [-0.3, -0.25) is 4.79 Å². The predicted molar refractivity (Wildman–Crippen MR) is 25.7 cm³/mol. The molecule has 0 aromatic rings. The fourth-order valence-electron chi connectivity index (χ4n) is 0.227. The van der Waals surface area contributed by atoms with Gasteiger partial charge in [0.05, 0.1) is 6.42 Å². The predicted octanol–water partition coefficient (Wildman–Crippen LogP) is 0.501. The zero-order valence-corrected chi connectivity index (χ0v) is 4.06. The molecule has 0 radical (unpaired) electrons. The lowest BCUT2D eigenvalue weighted by Crippen LogP contribution is -2.00. The summed E-state index contributed by atoms with van der Waals surface area (Å²) in [5.41, 5.74) is 0.188. The van der Waals surface area contributed by atoms with E-state index in [1.54, 1.807) is 0 Å². The van der Waals surface area contributed by atoms with Gasteiger partial charge in [0.15, 0.2) is 0 Å². The molecule has 3 heteroatoms. The van der Waals surface area contributed by atoms with Crippen molar-refractivity contribution in [1.82, 2.24) is 0 Å². The van der Waals surface area contributed by atoms with Crippen LogP contribution in [0.1, 0.15) is 13.3 Å². The van der Waals surface area contributed by atoms with E-state index in [1.807, 2.05) is 0 Å². The Kier molecular flexibility index (Phi) is 2.05. The summed E-state index contributed by atoms with van der Waals surface area (Å²) in [6.07, 6.45) is -0.139. The van der Waals surface area contributed by atoms with E-state index in [4.69, 9.17) is 10.5 Å². The van der Waals surface area contributed by atoms with Gasteiger partial charge in [0.25, 0.3) is 0 Å². The molecule has 2 N–H and O–H groups in total. The van der Waals surface area contributed by atoms with Crippen LogP contribution in [0.25, 0.3) is 0 Å². The van der Waals surface area contributed by atoms with Crippen molar-refractivity contribution in [2.24, 2.45) is 0 Å². The number of carbonyl (C=O) groups is 1. The van der Waals surface area contributed by atoms with Gasteiger partial charge in [-0.05, 0) is 6.92 Å². The van der Waals surface area contributed by atoms with Crippen LogP contribution in [0.5, 0.6) is 0 Å². The van der Waals surface area contributed by atoms with Gasteiger partial charge in [0.1, 0.15) is 0 Å². The van der Waals surface area contributed by atoms with Crippen LogP contribution < -0.4 is 0 Å². The maximum absolute atomic E-state index is 9.67. The van der Waals surface area contributed by atoms with Gasteiger partial charge in [-0.2, -0.15) is 0 Å². The van der Waals surface area contributed by atoms with Crippen molar-refractivity contribution >= 4 is 11.7 Å². The highest BCUT2D eigenvalue weighted by atomic mass is 16.4. The molecule has 0 saturated heterocycles. The van der Waals surface area contributed by atoms with Crippen LogP contribution in [0.2, 0.25) is 0 Å². The first-order chi connectivity index (χ1) is 3.13. The standard InChI is InChI=1S/C4H7NO2/c1-3(5)2-4(6)7/h5H,2H2,1H3,(H,6,7). The van der Waals surface area contributed by atoms with E-state index in [9.17, 15) is 4.79 Å². The Balaban J connectivity index is 3.32. The van der Waals surface area contributed by atoms with Crippen molar-refractivity contribution in [3.63, 3.8) is 0 Å². The van der Waals surface area contributed by atoms with Gasteiger partial charge in [0, 0.05) is 5.71 Å². The summed E-state index contributed by atoms with van der Waals surface area (Å²) in [6, 6.07) is 0. The van der Waals surface area contributed by atoms with Gasteiger partial charge in [-0.25, -0.2) is 0 Å². The minimum atomic E-state index is -0.937. The fraction of sp³-hybridized carbons (Fsp3) is 0.500. The average Bonchev–Trinajstić information content (AvgIpc) is 1.27. The molecule has 0 heterocycles. The summed E-state index contributed by atoms with van der Waals surface area (Å²) in [4.78, 5) is 9.67. The highest BCUT2D eigenvalue weighted by Crippen LogP contribution is 1.78. The van der Waals surface area contributed by atoms with Crippen LogP contribution in [-0.4, -0.2) is 16.8 Å². The maximum Gasteiger partial charge on any atom is 0.309 e. The van der Waals surface area contributed by atoms with E-state index >= 15 is 0 Å². The normalized spacial score (nSPS) is 8.14. The molecule has 3 nitrogen and oxygen atoms in total. The van der Waals surface area contributed by atoms with Crippen molar-refractivity contribution in [3.8, 4) is 0 Å². The molecule has 0 spiro atoms. The third-order valence-electron chi connectivity index (χ3n) is 0.416. The maximum atomic E-state index is 9.67. The smallest absolute Gasteiger partial charge is 0.309 e. The highest BCUT2D eigenvalue weighted by molar-refractivity contribution is 5.94. The monoisotopic (exact) mass is 101 g/mol. The molecule has 40 valence electrons. The first kappa shape index (κ1) is 6.14. The fourth-order valence-corrected chi connectivity index (χ4v) is 0.227. The van der Waals surface area contributed by atoms with Crippen LogP contribution in [0.4, 0.5) is 0 Å². The second-order valence-electron chi connectivity index (χ2n) is 1.35. The molecular weight excluding hydrogens is 94.0 g/mol. The number of rotatable bonds is 2. The number of carboxylic acids is 1. The van der Waals surface area contributed by atoms with E-state index in [0.717, 1.165) is 0 Å². The van der Waals surface area contributed by atoms with Crippen molar-refractivity contribution in [2.75, 3.05) is 0 Å². The van der Waals surface area contributed by atoms with Gasteiger partial charge < -0.3 is 10.5 Å². The Bertz CT molecular complexity index is 85.9. The Hall–Kier alpha value is -0.860. The molecule has 0 aliphatic rings. The molecule has 0 aliphatic carbocycles. The summed E-state index contributed by atoms with van der Waals surface area (Å²) in [6.45, 7) is 1.47. The van der Waals surface area contributed by atoms with Crippen molar-refractivity contribution in [3.05, 3.63) is 0 Å². The molecule has 0 aromatic carbocycles. The second kappa shape index (κ2) is 2.34. The summed E-state index contributed by atoms with van der Waals surface area (Å²) < 4.78 is 0. The SMILES string of the molecule is CC(=N)CC(=O)O. The van der Waals surface area contributed by atoms with Gasteiger partial charge in [0.2, 0.25) is 0 Å². The number of carboxylic acid groups (broad SMARTS) is 1. The molecule has 0 amide bonds. The number of nitrogens with one attached hydrogen (secondary N) is 1. The van der Waals surface area contributed by atoms with Gasteiger partial charge >= 0.3 is 5.97 Å². The molecule has 0 unspecified atom stereocenters. The lowest BCUT2D eigenvalue weighted by atomic mass is 10.3. The van der Waals surface area contributed by atoms with E-state index in [0.29, 0.717) is 0 Å². The van der Waals surface area contributed by atoms with Crippen LogP contribution in [0, 0.1) is 5.41 Å². The van der Waals surface area contributed by atoms with E-state index in [-0.39, 0.29) is 12.1 Å². The summed E-state index contributed by atoms with van der Waals surface area (Å²) >= 11 is 0. The Morgan fingerprint density at radius 2 is 2.29 bits per heavy atom. The Labute approximate surface area is 41.5 Å². The molecule has 0 rings (SSSR count). The molecular formula is C4H7NO2. The summed E-state index contributed by atoms with van der Waals surface area (Å²) in [5, 5.41) is 14.6. The van der Waals surface area contributed by atoms with Crippen molar-refractivity contribution in [2.45, 2.75) is 13.3 Å². The number of hydrogen-bond donors (Lipinski definition) is 2. The Morgan fingerprint density at radius 1 is 1.86 bits per heavy atom. The minimum Gasteiger partial charge on any atom is -0.481 e. The first-order valence-corrected chi connectivity index (χ1v) is 1.88. The lowest BCUT2D eigenvalue weighted by Gasteiger charge is -1.84. The van der Waals surface area contributed by atoms with Gasteiger partial charge in [-0.15, -0.1) is 0 Å². The highest BCUT2D eigenvalue weighted by Gasteiger charge is 1.94. The molecule has 7 heavy (non-hydrogen) atoms. The van der Waals surface area contributed by atoms with Gasteiger partial charge in [-0.1, -0.05) is 0 Å². The molecule has 0 aliphatic heterocycles. The quantitative estimate of drug-likeness (QED) is 0.497. The molecule has 0 aromatic heterocycles. The zero-order chi connectivity index (χ0) is 5.86. The van der Waals surface area contributed by atoms with Crippen LogP contribution in [0.3, 0.4) is 0 Å². The first-order valence-electron chi connectivity index (χ1n) is 1.88. The van der Waals surface area contributed by atoms with E-state index in [1.165, 1.54) is 6.92 Å². The Morgan fingerprint density at radius 3 is 2.29 bits per heavy atom. The van der Waals surface area contributed by atoms with E-state index in [2.05, 4.69) is 0 Å². The molecule has 0 bridgehead atoms. The third kappa shape index (κ3) is 5.14. The second-order valence-corrected chi connectivity index (χ2v) is 1.35. The topological polar surface area (TPSA) is 61.2 Å². The van der Waals surface area contributed by atoms with E-state index < -0.39 is 5.97 Å². The minimum absolute atomic E-state index is 0.139. The summed E-state index contributed by atoms with van der Waals surface area (Å²) in [7, 11) is 0.